The number of aliphatic hydroxyl groups excluding tert-OH is 2. The van der Waals surface area contributed by atoms with Gasteiger partial charge in [0.15, 0.2) is 0 Å². The van der Waals surface area contributed by atoms with E-state index < -0.39 is 18.0 Å². The smallest absolute Gasteiger partial charge is 0.247 e. The largest absolute Gasteiger partial charge is 0.394 e. The molecule has 1 rings (SSSR count). The zero-order valence-electron chi connectivity index (χ0n) is 22.9. The van der Waals surface area contributed by atoms with E-state index in [0.29, 0.717) is 5.57 Å². The number of nitrogens with one attached hydrogen (secondary N) is 2. The van der Waals surface area contributed by atoms with Gasteiger partial charge in [0.2, 0.25) is 17.7 Å². The Labute approximate surface area is 211 Å². The van der Waals surface area contributed by atoms with Crippen LogP contribution >= 0.6 is 0 Å². The van der Waals surface area contributed by atoms with Crippen LogP contribution in [-0.2, 0) is 14.4 Å². The molecule has 0 spiro atoms. The predicted octanol–water partition coefficient (Wildman–Crippen LogP) is 1.29. The molecule has 1 aliphatic rings. The number of piperidine rings is 1. The molecule has 35 heavy (non-hydrogen) atoms. The summed E-state index contributed by atoms with van der Waals surface area (Å²) in [6.45, 7) is 13.7. The topological polar surface area (TPSA) is 122 Å². The molecule has 1 saturated heterocycles. The van der Waals surface area contributed by atoms with Crippen LogP contribution in [0.25, 0.3) is 0 Å². The van der Waals surface area contributed by atoms with E-state index in [1.807, 2.05) is 27.7 Å². The highest BCUT2D eigenvalue weighted by Crippen LogP contribution is 2.21. The molecule has 1 fully saturated rings. The summed E-state index contributed by atoms with van der Waals surface area (Å²) in [5, 5.41) is 24.1. The Balaban J connectivity index is 3.06. The van der Waals surface area contributed by atoms with Crippen molar-refractivity contribution in [2.45, 2.75) is 97.9 Å². The van der Waals surface area contributed by atoms with Crippen molar-refractivity contribution < 1.29 is 24.6 Å². The van der Waals surface area contributed by atoms with E-state index in [1.54, 1.807) is 24.9 Å². The predicted molar refractivity (Wildman–Crippen MR) is 138 cm³/mol. The van der Waals surface area contributed by atoms with Crippen molar-refractivity contribution in [3.05, 3.63) is 11.6 Å². The normalized spacial score (nSPS) is 19.3. The lowest BCUT2D eigenvalue weighted by atomic mass is 9.95. The third-order valence-electron chi connectivity index (χ3n) is 6.77. The second-order valence-electron chi connectivity index (χ2n) is 10.6. The minimum Gasteiger partial charge on any atom is -0.394 e. The van der Waals surface area contributed by atoms with Crippen LogP contribution in [0.15, 0.2) is 11.6 Å². The standard InChI is InChI=1S/C26H48N4O5/c1-16(2)22(13-19(7)24(33)27-20(14-31)15-32)29(8)26(35)23(17(3)4)28-25(34)21-11-9-10-12-30(21)18(5)6/h13,16-18,20-23,31-32H,9-12,14-15H2,1-8H3,(H,27,33)(H,28,34)/b19-13+/t21?,22-,23?/m1/s1. The zero-order valence-corrected chi connectivity index (χ0v) is 22.9. The number of hydrogen-bond acceptors (Lipinski definition) is 6. The molecule has 0 saturated carbocycles. The van der Waals surface area contributed by atoms with Gasteiger partial charge in [-0.15, -0.1) is 0 Å². The number of carbonyl (C=O) groups is 3. The third-order valence-corrected chi connectivity index (χ3v) is 6.77. The molecule has 202 valence electrons. The summed E-state index contributed by atoms with van der Waals surface area (Å²) in [7, 11) is 1.70. The summed E-state index contributed by atoms with van der Waals surface area (Å²) >= 11 is 0. The van der Waals surface area contributed by atoms with Gasteiger partial charge >= 0.3 is 0 Å². The van der Waals surface area contributed by atoms with E-state index in [-0.39, 0.29) is 55.0 Å². The van der Waals surface area contributed by atoms with E-state index in [2.05, 4.69) is 29.4 Å². The molecular formula is C26H48N4O5. The zero-order chi connectivity index (χ0) is 26.9. The molecule has 0 aliphatic carbocycles. The number of rotatable bonds is 12. The number of likely N-dealkylation sites (N-methyl/N-ethyl adjacent to an activating group) is 1. The Morgan fingerprint density at radius 2 is 1.60 bits per heavy atom. The van der Waals surface area contributed by atoms with Crippen LogP contribution in [-0.4, -0.2) is 94.7 Å². The second-order valence-corrected chi connectivity index (χ2v) is 10.6. The number of likely N-dealkylation sites (tertiary alicyclic amines) is 1. The quantitative estimate of drug-likeness (QED) is 0.302. The summed E-state index contributed by atoms with van der Waals surface area (Å²) in [5.74, 6) is -0.820. The lowest BCUT2D eigenvalue weighted by molar-refractivity contribution is -0.140. The van der Waals surface area contributed by atoms with Gasteiger partial charge in [0, 0.05) is 18.7 Å². The van der Waals surface area contributed by atoms with Gasteiger partial charge in [0.25, 0.3) is 0 Å². The van der Waals surface area contributed by atoms with Crippen molar-refractivity contribution in [1.29, 1.82) is 0 Å². The second kappa shape index (κ2) is 14.6. The van der Waals surface area contributed by atoms with E-state index in [9.17, 15) is 24.6 Å². The van der Waals surface area contributed by atoms with Crippen molar-refractivity contribution in [1.82, 2.24) is 20.4 Å². The minimum absolute atomic E-state index is 0.0106. The maximum absolute atomic E-state index is 13.6. The van der Waals surface area contributed by atoms with E-state index in [4.69, 9.17) is 0 Å². The van der Waals surface area contributed by atoms with Gasteiger partial charge in [-0.2, -0.15) is 0 Å². The summed E-state index contributed by atoms with van der Waals surface area (Å²) in [6, 6.07) is -1.78. The third kappa shape index (κ3) is 8.88. The first kappa shape index (κ1) is 31.1. The molecule has 3 amide bonds. The Kier molecular flexibility index (Phi) is 12.9. The van der Waals surface area contributed by atoms with Crippen LogP contribution in [0.2, 0.25) is 0 Å². The monoisotopic (exact) mass is 496 g/mol. The Bertz CT molecular complexity index is 733. The maximum atomic E-state index is 13.6. The van der Waals surface area contributed by atoms with Gasteiger partial charge in [-0.3, -0.25) is 19.3 Å². The Morgan fingerprint density at radius 1 is 1.00 bits per heavy atom. The maximum Gasteiger partial charge on any atom is 0.247 e. The molecule has 2 unspecified atom stereocenters. The molecule has 0 bridgehead atoms. The number of carbonyl (C=O) groups excluding carboxylic acids is 3. The molecule has 0 aromatic carbocycles. The fourth-order valence-electron chi connectivity index (χ4n) is 4.51. The van der Waals surface area contributed by atoms with Crippen LogP contribution < -0.4 is 10.6 Å². The molecule has 9 heteroatoms. The highest BCUT2D eigenvalue weighted by molar-refractivity contribution is 5.93. The summed E-state index contributed by atoms with van der Waals surface area (Å²) < 4.78 is 0. The lowest BCUT2D eigenvalue weighted by Gasteiger charge is -2.39. The fourth-order valence-corrected chi connectivity index (χ4v) is 4.51. The van der Waals surface area contributed by atoms with Gasteiger partial charge in [-0.1, -0.05) is 40.2 Å². The van der Waals surface area contributed by atoms with Crippen molar-refractivity contribution in [3.63, 3.8) is 0 Å². The Morgan fingerprint density at radius 3 is 2.09 bits per heavy atom. The average Bonchev–Trinajstić information content (AvgIpc) is 2.82. The van der Waals surface area contributed by atoms with Crippen molar-refractivity contribution in [2.24, 2.45) is 11.8 Å². The molecule has 4 N–H and O–H groups in total. The fraction of sp³-hybridized carbons (Fsp3) is 0.808. The number of nitrogens with zero attached hydrogens (tertiary/aromatic N) is 2. The average molecular weight is 497 g/mol. The highest BCUT2D eigenvalue weighted by atomic mass is 16.3. The number of amides is 3. The first-order valence-corrected chi connectivity index (χ1v) is 12.9. The van der Waals surface area contributed by atoms with Gasteiger partial charge in [0.1, 0.15) is 6.04 Å². The minimum atomic E-state index is -0.742. The van der Waals surface area contributed by atoms with Gasteiger partial charge < -0.3 is 25.7 Å². The molecule has 0 aromatic rings. The van der Waals surface area contributed by atoms with Crippen LogP contribution in [0, 0.1) is 11.8 Å². The molecule has 1 aliphatic heterocycles. The Hall–Kier alpha value is -1.97. The molecule has 1 heterocycles. The van der Waals surface area contributed by atoms with E-state index in [1.165, 1.54) is 0 Å². The van der Waals surface area contributed by atoms with E-state index in [0.717, 1.165) is 25.8 Å². The molecule has 3 atom stereocenters. The van der Waals surface area contributed by atoms with Crippen molar-refractivity contribution in [2.75, 3.05) is 26.8 Å². The van der Waals surface area contributed by atoms with Crippen molar-refractivity contribution in [3.8, 4) is 0 Å². The van der Waals surface area contributed by atoms with E-state index >= 15 is 0 Å². The van der Waals surface area contributed by atoms with Crippen LogP contribution in [0.3, 0.4) is 0 Å². The van der Waals surface area contributed by atoms with Gasteiger partial charge in [-0.25, -0.2) is 0 Å². The highest BCUT2D eigenvalue weighted by Gasteiger charge is 2.36. The molecule has 9 nitrogen and oxygen atoms in total. The summed E-state index contributed by atoms with van der Waals surface area (Å²) in [5.41, 5.74) is 0.384. The lowest BCUT2D eigenvalue weighted by Crippen LogP contribution is -2.58. The first-order valence-electron chi connectivity index (χ1n) is 12.9. The molecule has 0 aromatic heterocycles. The van der Waals surface area contributed by atoms with Gasteiger partial charge in [-0.05, 0) is 52.0 Å². The van der Waals surface area contributed by atoms with Crippen molar-refractivity contribution >= 4 is 17.7 Å². The molecular weight excluding hydrogens is 448 g/mol. The SMILES string of the molecule is C/C(=C\[C@H](C(C)C)N(C)C(=O)C(NC(=O)C1CCCCN1C(C)C)C(C)C)C(=O)NC(CO)CO. The molecule has 0 radical (unpaired) electrons. The number of hydrogen-bond donors (Lipinski definition) is 4. The summed E-state index contributed by atoms with van der Waals surface area (Å²) in [6.07, 6.45) is 4.58. The van der Waals surface area contributed by atoms with Crippen LogP contribution in [0.5, 0.6) is 0 Å². The first-order chi connectivity index (χ1) is 16.3. The van der Waals surface area contributed by atoms with Crippen LogP contribution in [0.4, 0.5) is 0 Å². The number of aliphatic hydroxyl groups is 2. The summed E-state index contributed by atoms with van der Waals surface area (Å²) in [4.78, 5) is 43.2. The van der Waals surface area contributed by atoms with Gasteiger partial charge in [0.05, 0.1) is 31.3 Å². The van der Waals surface area contributed by atoms with Crippen LogP contribution in [0.1, 0.15) is 67.7 Å².